The van der Waals surface area contributed by atoms with E-state index in [-0.39, 0.29) is 23.2 Å². The van der Waals surface area contributed by atoms with Crippen molar-refractivity contribution in [2.45, 2.75) is 4.90 Å². The molecule has 2 aromatic carbocycles. The average molecular weight is 432 g/mol. The van der Waals surface area contributed by atoms with E-state index in [2.05, 4.69) is 25.0 Å². The lowest BCUT2D eigenvalue weighted by Crippen LogP contribution is -2.24. The lowest BCUT2D eigenvalue weighted by Gasteiger charge is -2.05. The second kappa shape index (κ2) is 7.33. The molecule has 2 aromatic heterocycles. The zero-order valence-electron chi connectivity index (χ0n) is 16.1. The molecule has 0 aliphatic carbocycles. The minimum atomic E-state index is -3.63. The molecule has 0 fully saturated rings. The number of amides is 1. The Labute approximate surface area is 177 Å². The number of fused-ring (bicyclic) bond motifs is 2. The molecule has 1 aliphatic rings. The molecule has 10 heteroatoms. The maximum absolute atomic E-state index is 12.3. The van der Waals surface area contributed by atoms with Crippen LogP contribution < -0.4 is 10.0 Å². The van der Waals surface area contributed by atoms with Gasteiger partial charge in [0.15, 0.2) is 0 Å². The van der Waals surface area contributed by atoms with Crippen molar-refractivity contribution < 1.29 is 13.2 Å². The van der Waals surface area contributed by atoms with E-state index in [1.165, 1.54) is 6.07 Å². The van der Waals surface area contributed by atoms with Crippen molar-refractivity contribution >= 4 is 33.2 Å². The Bertz CT molecular complexity index is 1410. The van der Waals surface area contributed by atoms with Gasteiger partial charge in [0.2, 0.25) is 11.7 Å². The van der Waals surface area contributed by atoms with Crippen LogP contribution in [-0.2, 0) is 14.8 Å². The van der Waals surface area contributed by atoms with Crippen LogP contribution in [0.4, 0.5) is 5.69 Å². The van der Waals surface area contributed by atoms with Gasteiger partial charge in [0.25, 0.3) is 10.0 Å². The van der Waals surface area contributed by atoms with Gasteiger partial charge in [0.05, 0.1) is 10.6 Å². The number of benzene rings is 2. The standard InChI is InChI=1S/C21H16N6O3S/c28-19(12-23-20-16-4-1-2-5-18(16)31(29,30)26-20)24-15-8-6-14(7-9-15)17-13-27-11-3-10-22-21(27)25-17/h1-11,13H,12H2,(H,23,26)(H,24,28). The number of aliphatic imine (C=N–C) groups is 1. The Balaban J connectivity index is 1.28. The molecule has 1 aliphatic heterocycles. The highest BCUT2D eigenvalue weighted by Gasteiger charge is 2.30. The topological polar surface area (TPSA) is 118 Å². The summed E-state index contributed by atoms with van der Waals surface area (Å²) < 4.78 is 28.4. The number of amidine groups is 1. The van der Waals surface area contributed by atoms with E-state index in [1.54, 1.807) is 36.5 Å². The third kappa shape index (κ3) is 3.64. The van der Waals surface area contributed by atoms with Crippen LogP contribution in [-0.4, -0.2) is 41.1 Å². The fraction of sp³-hybridized carbons (Fsp3) is 0.0476. The van der Waals surface area contributed by atoms with Gasteiger partial charge in [0, 0.05) is 35.4 Å². The fourth-order valence-electron chi connectivity index (χ4n) is 3.30. The number of sulfonamides is 1. The van der Waals surface area contributed by atoms with Crippen LogP contribution in [0.5, 0.6) is 0 Å². The third-order valence-corrected chi connectivity index (χ3v) is 6.14. The smallest absolute Gasteiger partial charge is 0.263 e. The van der Waals surface area contributed by atoms with Gasteiger partial charge in [-0.2, -0.15) is 0 Å². The first-order chi connectivity index (χ1) is 15.0. The zero-order chi connectivity index (χ0) is 21.4. The Morgan fingerprint density at radius 3 is 2.71 bits per heavy atom. The van der Waals surface area contributed by atoms with Crippen molar-refractivity contribution in [1.82, 2.24) is 19.1 Å². The monoisotopic (exact) mass is 432 g/mol. The molecule has 0 radical (unpaired) electrons. The number of anilines is 1. The molecule has 5 rings (SSSR count). The summed E-state index contributed by atoms with van der Waals surface area (Å²) in [7, 11) is -3.63. The molecule has 0 atom stereocenters. The predicted molar refractivity (Wildman–Crippen MR) is 115 cm³/mol. The molecule has 154 valence electrons. The van der Waals surface area contributed by atoms with E-state index in [4.69, 9.17) is 0 Å². The van der Waals surface area contributed by atoms with Crippen molar-refractivity contribution in [3.63, 3.8) is 0 Å². The summed E-state index contributed by atoms with van der Waals surface area (Å²) >= 11 is 0. The highest BCUT2D eigenvalue weighted by atomic mass is 32.2. The molecular formula is C21H16N6O3S. The number of imidazole rings is 1. The normalized spacial score (nSPS) is 15.5. The lowest BCUT2D eigenvalue weighted by molar-refractivity contribution is -0.114. The quantitative estimate of drug-likeness (QED) is 0.512. The molecule has 0 saturated heterocycles. The summed E-state index contributed by atoms with van der Waals surface area (Å²) in [6, 6.07) is 15.6. The summed E-state index contributed by atoms with van der Waals surface area (Å²) in [5, 5.41) is 2.75. The second-order valence-electron chi connectivity index (χ2n) is 6.85. The van der Waals surface area contributed by atoms with Crippen LogP contribution in [0.15, 0.2) is 83.1 Å². The van der Waals surface area contributed by atoms with Crippen molar-refractivity contribution in [3.05, 3.63) is 78.8 Å². The van der Waals surface area contributed by atoms with Crippen LogP contribution in [0.2, 0.25) is 0 Å². The van der Waals surface area contributed by atoms with Gasteiger partial charge < -0.3 is 5.32 Å². The number of nitrogens with one attached hydrogen (secondary N) is 2. The lowest BCUT2D eigenvalue weighted by atomic mass is 10.1. The van der Waals surface area contributed by atoms with E-state index < -0.39 is 10.0 Å². The van der Waals surface area contributed by atoms with Gasteiger partial charge in [0.1, 0.15) is 12.4 Å². The van der Waals surface area contributed by atoms with Gasteiger partial charge in [-0.25, -0.2) is 18.4 Å². The molecule has 0 spiro atoms. The van der Waals surface area contributed by atoms with Crippen molar-refractivity contribution in [2.24, 2.45) is 4.99 Å². The zero-order valence-corrected chi connectivity index (χ0v) is 16.9. The first kappa shape index (κ1) is 18.9. The molecule has 0 bridgehead atoms. The number of nitrogens with zero attached hydrogens (tertiary/aromatic N) is 4. The summed E-state index contributed by atoms with van der Waals surface area (Å²) in [5.74, 6) is 0.417. The van der Waals surface area contributed by atoms with Gasteiger partial charge in [-0.3, -0.25) is 18.9 Å². The maximum Gasteiger partial charge on any atom is 0.263 e. The number of aromatic nitrogens is 3. The molecule has 2 N–H and O–H groups in total. The van der Waals surface area contributed by atoms with Crippen LogP contribution >= 0.6 is 0 Å². The highest BCUT2D eigenvalue weighted by molar-refractivity contribution is 7.90. The van der Waals surface area contributed by atoms with Gasteiger partial charge in [-0.15, -0.1) is 0 Å². The molecule has 0 unspecified atom stereocenters. The third-order valence-electron chi connectivity index (χ3n) is 4.74. The van der Waals surface area contributed by atoms with Crippen molar-refractivity contribution in [1.29, 1.82) is 0 Å². The molecule has 9 nitrogen and oxygen atoms in total. The number of carbonyl (C=O) groups excluding carboxylic acids is 1. The average Bonchev–Trinajstić information content (AvgIpc) is 3.32. The minimum absolute atomic E-state index is 0.159. The number of carbonyl (C=O) groups is 1. The minimum Gasteiger partial charge on any atom is -0.324 e. The summed E-state index contributed by atoms with van der Waals surface area (Å²) in [4.78, 5) is 25.3. The molecule has 4 aromatic rings. The molecule has 31 heavy (non-hydrogen) atoms. The van der Waals surface area contributed by atoms with Crippen LogP contribution in [0.25, 0.3) is 17.0 Å². The van der Waals surface area contributed by atoms with E-state index in [0.29, 0.717) is 17.0 Å². The molecule has 1 amide bonds. The number of rotatable bonds is 4. The van der Waals surface area contributed by atoms with E-state index in [0.717, 1.165) is 11.3 Å². The van der Waals surface area contributed by atoms with E-state index in [9.17, 15) is 13.2 Å². The Morgan fingerprint density at radius 1 is 1.10 bits per heavy atom. The van der Waals surface area contributed by atoms with Crippen molar-refractivity contribution in [2.75, 3.05) is 11.9 Å². The van der Waals surface area contributed by atoms with E-state index >= 15 is 0 Å². The van der Waals surface area contributed by atoms with Crippen LogP contribution in [0, 0.1) is 0 Å². The largest absolute Gasteiger partial charge is 0.324 e. The SMILES string of the molecule is O=C(CN=C1NS(=O)(=O)c2ccccc21)Nc1ccc(-c2cn3cccnc3n2)cc1. The van der Waals surface area contributed by atoms with E-state index in [1.807, 2.05) is 35.0 Å². The predicted octanol–water partition coefficient (Wildman–Crippen LogP) is 2.07. The van der Waals surface area contributed by atoms with Crippen LogP contribution in [0.1, 0.15) is 5.56 Å². The molecular weight excluding hydrogens is 416 g/mol. The first-order valence-electron chi connectivity index (χ1n) is 9.36. The number of hydrogen-bond acceptors (Lipinski definition) is 6. The van der Waals surface area contributed by atoms with Gasteiger partial charge in [-0.1, -0.05) is 24.3 Å². The van der Waals surface area contributed by atoms with Gasteiger partial charge in [-0.05, 0) is 30.3 Å². The molecule has 3 heterocycles. The Morgan fingerprint density at radius 2 is 1.90 bits per heavy atom. The van der Waals surface area contributed by atoms with Crippen molar-refractivity contribution in [3.8, 4) is 11.3 Å². The Hall–Kier alpha value is -4.05. The maximum atomic E-state index is 12.3. The first-order valence-corrected chi connectivity index (χ1v) is 10.8. The molecule has 0 saturated carbocycles. The second-order valence-corrected chi connectivity index (χ2v) is 8.50. The van der Waals surface area contributed by atoms with Gasteiger partial charge >= 0.3 is 0 Å². The Kier molecular flexibility index (Phi) is 4.48. The highest BCUT2D eigenvalue weighted by Crippen LogP contribution is 2.23. The fourth-order valence-corrected chi connectivity index (χ4v) is 4.55. The number of hydrogen-bond donors (Lipinski definition) is 2. The van der Waals surface area contributed by atoms with Crippen LogP contribution in [0.3, 0.4) is 0 Å². The summed E-state index contributed by atoms with van der Waals surface area (Å²) in [5.41, 5.74) is 2.72. The summed E-state index contributed by atoms with van der Waals surface area (Å²) in [6.45, 7) is -0.216. The summed E-state index contributed by atoms with van der Waals surface area (Å²) in [6.07, 6.45) is 5.44.